The molecule has 0 atom stereocenters. The lowest BCUT2D eigenvalue weighted by Gasteiger charge is -2.05. The van der Waals surface area contributed by atoms with Gasteiger partial charge in [-0.1, -0.05) is 30.3 Å². The maximum absolute atomic E-state index is 12.1. The lowest BCUT2D eigenvalue weighted by Crippen LogP contribution is -2.07. The lowest BCUT2D eigenvalue weighted by molar-refractivity contribution is 0.0465. The van der Waals surface area contributed by atoms with Gasteiger partial charge in [-0.2, -0.15) is 0 Å². The van der Waals surface area contributed by atoms with Crippen LogP contribution >= 0.6 is 0 Å². The van der Waals surface area contributed by atoms with Crippen LogP contribution in [-0.4, -0.2) is 11.0 Å². The van der Waals surface area contributed by atoms with Gasteiger partial charge in [0.2, 0.25) is 0 Å². The Morgan fingerprint density at radius 2 is 2.05 bits per heavy atom. The number of carbonyl (C=O) groups excluding carboxylic acids is 1. The van der Waals surface area contributed by atoms with Crippen molar-refractivity contribution in [3.63, 3.8) is 0 Å². The largest absolute Gasteiger partial charge is 0.456 e. The van der Waals surface area contributed by atoms with Crippen molar-refractivity contribution in [3.8, 4) is 0 Å². The van der Waals surface area contributed by atoms with E-state index in [4.69, 9.17) is 4.74 Å². The average molecular weight is 255 g/mol. The molecule has 0 spiro atoms. The van der Waals surface area contributed by atoms with Gasteiger partial charge in [-0.3, -0.25) is 0 Å². The zero-order valence-electron chi connectivity index (χ0n) is 11.0. The number of fused-ring (bicyclic) bond motifs is 1. The molecule has 1 aromatic carbocycles. The molecule has 1 aromatic heterocycles. The number of aryl methyl sites for hydroxylation is 1. The molecule has 3 heteroatoms. The molecule has 19 heavy (non-hydrogen) atoms. The fourth-order valence-electron chi connectivity index (χ4n) is 2.69. The molecule has 3 rings (SSSR count). The predicted molar refractivity (Wildman–Crippen MR) is 73.1 cm³/mol. The van der Waals surface area contributed by atoms with Crippen molar-refractivity contribution in [2.45, 2.75) is 32.8 Å². The smallest absolute Gasteiger partial charge is 0.355 e. The molecule has 98 valence electrons. The minimum absolute atomic E-state index is 0.254. The number of benzene rings is 1. The molecule has 3 nitrogen and oxygen atoms in total. The maximum Gasteiger partial charge on any atom is 0.355 e. The first-order valence-electron chi connectivity index (χ1n) is 6.67. The number of aromatic amines is 1. The van der Waals surface area contributed by atoms with Crippen molar-refractivity contribution >= 4 is 5.97 Å². The van der Waals surface area contributed by atoms with Crippen molar-refractivity contribution in [2.24, 2.45) is 0 Å². The molecule has 0 radical (unpaired) electrons. The van der Waals surface area contributed by atoms with E-state index in [9.17, 15) is 4.79 Å². The van der Waals surface area contributed by atoms with Crippen LogP contribution in [0.2, 0.25) is 0 Å². The van der Waals surface area contributed by atoms with Gasteiger partial charge >= 0.3 is 5.97 Å². The van der Waals surface area contributed by atoms with Gasteiger partial charge in [0.25, 0.3) is 0 Å². The van der Waals surface area contributed by atoms with Gasteiger partial charge < -0.3 is 9.72 Å². The van der Waals surface area contributed by atoms with Crippen LogP contribution in [0.5, 0.6) is 0 Å². The zero-order valence-corrected chi connectivity index (χ0v) is 11.0. The third-order valence-electron chi connectivity index (χ3n) is 3.74. The fourth-order valence-corrected chi connectivity index (χ4v) is 2.69. The molecule has 0 saturated carbocycles. The molecule has 0 aliphatic heterocycles. The van der Waals surface area contributed by atoms with Crippen LogP contribution in [0.15, 0.2) is 30.3 Å². The number of nitrogens with one attached hydrogen (secondary N) is 1. The normalized spacial score (nSPS) is 13.3. The van der Waals surface area contributed by atoms with E-state index in [-0.39, 0.29) is 5.97 Å². The van der Waals surface area contributed by atoms with E-state index in [1.807, 2.05) is 37.3 Å². The summed E-state index contributed by atoms with van der Waals surface area (Å²) in [5, 5.41) is 0. The molecule has 1 N–H and O–H groups in total. The third kappa shape index (κ3) is 2.28. The van der Waals surface area contributed by atoms with Gasteiger partial charge in [0.15, 0.2) is 0 Å². The minimum Gasteiger partial charge on any atom is -0.456 e. The maximum atomic E-state index is 12.1. The summed E-state index contributed by atoms with van der Waals surface area (Å²) >= 11 is 0. The van der Waals surface area contributed by atoms with Crippen LogP contribution in [0.3, 0.4) is 0 Å². The summed E-state index contributed by atoms with van der Waals surface area (Å²) in [6, 6.07) is 9.74. The molecular formula is C16H17NO2. The number of esters is 1. The Bertz CT molecular complexity index is 599. The molecule has 0 fully saturated rings. The molecule has 2 aromatic rings. The molecule has 1 aliphatic carbocycles. The minimum atomic E-state index is -0.254. The molecule has 1 aliphatic rings. The van der Waals surface area contributed by atoms with Crippen LogP contribution in [0.4, 0.5) is 0 Å². The Hall–Kier alpha value is -2.03. The van der Waals surface area contributed by atoms with E-state index in [1.165, 1.54) is 17.7 Å². The lowest BCUT2D eigenvalue weighted by atomic mass is 10.1. The van der Waals surface area contributed by atoms with E-state index in [1.54, 1.807) is 0 Å². The van der Waals surface area contributed by atoms with Gasteiger partial charge in [0, 0.05) is 5.69 Å². The Morgan fingerprint density at radius 3 is 2.79 bits per heavy atom. The van der Waals surface area contributed by atoms with Gasteiger partial charge in [0.05, 0.1) is 0 Å². The second-order valence-electron chi connectivity index (χ2n) is 5.00. The summed E-state index contributed by atoms with van der Waals surface area (Å²) in [5.74, 6) is -0.254. The Kier molecular flexibility index (Phi) is 3.11. The third-order valence-corrected chi connectivity index (χ3v) is 3.74. The summed E-state index contributed by atoms with van der Waals surface area (Å²) in [4.78, 5) is 15.3. The van der Waals surface area contributed by atoms with Crippen LogP contribution in [0, 0.1) is 6.92 Å². The second-order valence-corrected chi connectivity index (χ2v) is 5.00. The monoisotopic (exact) mass is 255 g/mol. The predicted octanol–water partition coefficient (Wildman–Crippen LogP) is 3.17. The van der Waals surface area contributed by atoms with Crippen molar-refractivity contribution in [1.82, 2.24) is 4.98 Å². The highest BCUT2D eigenvalue weighted by Gasteiger charge is 2.23. The molecule has 1 heterocycles. The van der Waals surface area contributed by atoms with E-state index < -0.39 is 0 Å². The molecule has 0 saturated heterocycles. The van der Waals surface area contributed by atoms with Crippen LogP contribution < -0.4 is 0 Å². The highest BCUT2D eigenvalue weighted by Crippen LogP contribution is 2.27. The zero-order chi connectivity index (χ0) is 13.2. The van der Waals surface area contributed by atoms with Crippen LogP contribution in [0.1, 0.15) is 39.3 Å². The summed E-state index contributed by atoms with van der Waals surface area (Å²) in [7, 11) is 0. The Labute approximate surface area is 112 Å². The van der Waals surface area contributed by atoms with Crippen LogP contribution in [-0.2, 0) is 24.2 Å². The van der Waals surface area contributed by atoms with E-state index in [2.05, 4.69) is 4.98 Å². The topological polar surface area (TPSA) is 42.1 Å². The quantitative estimate of drug-likeness (QED) is 0.856. The van der Waals surface area contributed by atoms with E-state index in [0.717, 1.165) is 24.0 Å². The van der Waals surface area contributed by atoms with Crippen molar-refractivity contribution in [3.05, 3.63) is 58.4 Å². The van der Waals surface area contributed by atoms with Gasteiger partial charge in [-0.15, -0.1) is 0 Å². The van der Waals surface area contributed by atoms with E-state index in [0.29, 0.717) is 12.3 Å². The van der Waals surface area contributed by atoms with Crippen LogP contribution in [0.25, 0.3) is 0 Å². The molecule has 0 amide bonds. The SMILES string of the molecule is Cc1c(C(=O)OCc2ccccc2)[nH]c2c1CCC2. The number of carbonyl (C=O) groups is 1. The van der Waals surface area contributed by atoms with Gasteiger partial charge in [0.1, 0.15) is 12.3 Å². The highest BCUT2D eigenvalue weighted by atomic mass is 16.5. The number of hydrogen-bond acceptors (Lipinski definition) is 2. The number of H-pyrrole nitrogens is 1. The highest BCUT2D eigenvalue weighted by molar-refractivity contribution is 5.90. The number of aromatic nitrogens is 1. The fraction of sp³-hybridized carbons (Fsp3) is 0.312. The number of rotatable bonds is 3. The van der Waals surface area contributed by atoms with Gasteiger partial charge in [-0.05, 0) is 42.9 Å². The first-order chi connectivity index (χ1) is 9.25. The Morgan fingerprint density at radius 1 is 1.26 bits per heavy atom. The Balaban J connectivity index is 1.71. The summed E-state index contributed by atoms with van der Waals surface area (Å²) in [5.41, 5.74) is 5.22. The van der Waals surface area contributed by atoms with Crippen molar-refractivity contribution in [1.29, 1.82) is 0 Å². The van der Waals surface area contributed by atoms with Crippen molar-refractivity contribution in [2.75, 3.05) is 0 Å². The number of ether oxygens (including phenoxy) is 1. The summed E-state index contributed by atoms with van der Waals surface area (Å²) < 4.78 is 5.36. The summed E-state index contributed by atoms with van der Waals surface area (Å²) in [6.45, 7) is 2.32. The number of hydrogen-bond donors (Lipinski definition) is 1. The first kappa shape index (κ1) is 12.0. The molecular weight excluding hydrogens is 238 g/mol. The summed E-state index contributed by atoms with van der Waals surface area (Å²) in [6.07, 6.45) is 3.30. The first-order valence-corrected chi connectivity index (χ1v) is 6.67. The van der Waals surface area contributed by atoms with E-state index >= 15 is 0 Å². The van der Waals surface area contributed by atoms with Gasteiger partial charge in [-0.25, -0.2) is 4.79 Å². The standard InChI is InChI=1S/C16H17NO2/c1-11-13-8-5-9-14(13)17-15(11)16(18)19-10-12-6-3-2-4-7-12/h2-4,6-7,17H,5,8-10H2,1H3. The average Bonchev–Trinajstić information content (AvgIpc) is 3.01. The van der Waals surface area contributed by atoms with Crippen molar-refractivity contribution < 1.29 is 9.53 Å². The molecule has 0 unspecified atom stereocenters. The second kappa shape index (κ2) is 4.92. The molecule has 0 bridgehead atoms.